The number of hydrogen-bond donors (Lipinski definition) is 1. The molecule has 0 amide bonds. The van der Waals surface area contributed by atoms with E-state index >= 15 is 0 Å². The average Bonchev–Trinajstić information content (AvgIpc) is 2.84. The second-order valence-corrected chi connectivity index (χ2v) is 9.85. The van der Waals surface area contributed by atoms with Crippen LogP contribution in [0.15, 0.2) is 0 Å². The molecule has 3 nitrogen and oxygen atoms in total. The first-order valence-corrected chi connectivity index (χ1v) is 9.98. The lowest BCUT2D eigenvalue weighted by Crippen LogP contribution is -2.58. The summed E-state index contributed by atoms with van der Waals surface area (Å²) in [4.78, 5) is 25.5. The topological polar surface area (TPSA) is 54.4 Å². The summed E-state index contributed by atoms with van der Waals surface area (Å²) < 4.78 is 0. The molecule has 4 saturated carbocycles. The minimum atomic E-state index is -0.169. The van der Waals surface area contributed by atoms with Gasteiger partial charge in [-0.3, -0.25) is 9.59 Å². The lowest BCUT2D eigenvalue weighted by atomic mass is 9.44. The molecule has 3 unspecified atom stereocenters. The van der Waals surface area contributed by atoms with Crippen molar-refractivity contribution in [1.29, 1.82) is 0 Å². The van der Waals surface area contributed by atoms with Gasteiger partial charge in [0.05, 0.1) is 6.10 Å². The van der Waals surface area contributed by atoms with Gasteiger partial charge in [-0.05, 0) is 80.5 Å². The molecule has 4 fully saturated rings. The monoisotopic (exact) mass is 332 g/mol. The minimum Gasteiger partial charge on any atom is -0.393 e. The van der Waals surface area contributed by atoms with E-state index in [0.29, 0.717) is 30.0 Å². The Kier molecular flexibility index (Phi) is 3.77. The first-order chi connectivity index (χ1) is 11.3. The SMILES string of the molecule is CC(=O)[C@H]1CCC2C3CCC4C[C@H](O)CC[C@]4(C)[C@H]3C(=O)C[C@@]21C. The van der Waals surface area contributed by atoms with Crippen LogP contribution in [-0.2, 0) is 9.59 Å². The van der Waals surface area contributed by atoms with Gasteiger partial charge in [-0.1, -0.05) is 13.8 Å². The Morgan fingerprint density at radius 3 is 2.54 bits per heavy atom. The van der Waals surface area contributed by atoms with Gasteiger partial charge >= 0.3 is 0 Å². The number of hydrogen-bond acceptors (Lipinski definition) is 3. The third-order valence-corrected chi connectivity index (χ3v) is 8.81. The molecule has 4 aliphatic rings. The van der Waals surface area contributed by atoms with E-state index in [1.54, 1.807) is 6.92 Å². The van der Waals surface area contributed by atoms with E-state index in [1.165, 1.54) is 0 Å². The smallest absolute Gasteiger partial charge is 0.137 e. The van der Waals surface area contributed by atoms with Crippen LogP contribution in [0.4, 0.5) is 0 Å². The van der Waals surface area contributed by atoms with Gasteiger partial charge in [0.15, 0.2) is 0 Å². The van der Waals surface area contributed by atoms with E-state index in [9.17, 15) is 14.7 Å². The fourth-order valence-corrected chi connectivity index (χ4v) is 7.72. The summed E-state index contributed by atoms with van der Waals surface area (Å²) in [6, 6.07) is 0. The van der Waals surface area contributed by atoms with Crippen molar-refractivity contribution in [2.75, 3.05) is 0 Å². The predicted molar refractivity (Wildman–Crippen MR) is 92.3 cm³/mol. The van der Waals surface area contributed by atoms with Crippen molar-refractivity contribution in [2.45, 2.75) is 78.2 Å². The number of rotatable bonds is 1. The first kappa shape index (κ1) is 16.8. The van der Waals surface area contributed by atoms with Crippen LogP contribution in [0.2, 0.25) is 0 Å². The quantitative estimate of drug-likeness (QED) is 0.795. The number of ketones is 2. The molecule has 24 heavy (non-hydrogen) atoms. The largest absolute Gasteiger partial charge is 0.393 e. The summed E-state index contributed by atoms with van der Waals surface area (Å²) in [7, 11) is 0. The molecule has 0 heterocycles. The highest BCUT2D eigenvalue weighted by atomic mass is 16.3. The standard InChI is InChI=1S/C21H32O3/c1-12(22)16-6-7-17-15-5-4-13-10-14(23)8-9-20(13,2)19(15)18(24)11-21(16,17)3/h13-17,19,23H,4-11H2,1-3H3/t13?,14-,15?,16-,17?,19-,20+,21-/m1/s1. The summed E-state index contributed by atoms with van der Waals surface area (Å²) in [6.45, 7) is 6.28. The Morgan fingerprint density at radius 1 is 1.08 bits per heavy atom. The molecule has 0 aliphatic heterocycles. The fraction of sp³-hybridized carbons (Fsp3) is 0.905. The van der Waals surface area contributed by atoms with Crippen LogP contribution in [0.25, 0.3) is 0 Å². The van der Waals surface area contributed by atoms with Crippen LogP contribution >= 0.6 is 0 Å². The molecular formula is C21H32O3. The van der Waals surface area contributed by atoms with Crippen LogP contribution in [0, 0.1) is 40.4 Å². The van der Waals surface area contributed by atoms with Crippen molar-refractivity contribution in [1.82, 2.24) is 0 Å². The van der Waals surface area contributed by atoms with Crippen LogP contribution < -0.4 is 0 Å². The van der Waals surface area contributed by atoms with Crippen molar-refractivity contribution >= 4 is 11.6 Å². The maximum absolute atomic E-state index is 13.3. The highest BCUT2D eigenvalue weighted by molar-refractivity contribution is 5.87. The van der Waals surface area contributed by atoms with E-state index in [1.807, 2.05) is 0 Å². The van der Waals surface area contributed by atoms with E-state index in [2.05, 4.69) is 13.8 Å². The third-order valence-electron chi connectivity index (χ3n) is 8.81. The van der Waals surface area contributed by atoms with Crippen molar-refractivity contribution in [2.24, 2.45) is 40.4 Å². The second kappa shape index (κ2) is 5.40. The van der Waals surface area contributed by atoms with Crippen LogP contribution in [0.1, 0.15) is 72.1 Å². The summed E-state index contributed by atoms with van der Waals surface area (Å²) >= 11 is 0. The zero-order valence-electron chi connectivity index (χ0n) is 15.4. The minimum absolute atomic E-state index is 0.0782. The fourth-order valence-electron chi connectivity index (χ4n) is 7.72. The maximum atomic E-state index is 13.3. The molecule has 0 spiro atoms. The lowest BCUT2D eigenvalue weighted by Gasteiger charge is -2.59. The lowest BCUT2D eigenvalue weighted by molar-refractivity contribution is -0.162. The molecule has 0 radical (unpaired) electrons. The normalized spacial score (nSPS) is 53.9. The molecule has 0 aromatic rings. The van der Waals surface area contributed by atoms with Crippen molar-refractivity contribution in [3.63, 3.8) is 0 Å². The Bertz CT molecular complexity index is 569. The molecule has 134 valence electrons. The van der Waals surface area contributed by atoms with Crippen LogP contribution in [0.5, 0.6) is 0 Å². The van der Waals surface area contributed by atoms with Crippen molar-refractivity contribution in [3.8, 4) is 0 Å². The first-order valence-electron chi connectivity index (χ1n) is 9.98. The van der Waals surface area contributed by atoms with E-state index < -0.39 is 0 Å². The molecule has 1 N–H and O–H groups in total. The third kappa shape index (κ3) is 2.12. The number of carbonyl (C=O) groups excluding carboxylic acids is 2. The zero-order valence-corrected chi connectivity index (χ0v) is 15.4. The van der Waals surface area contributed by atoms with Gasteiger partial charge in [0.1, 0.15) is 11.6 Å². The number of Topliss-reactive ketones (excluding diaryl/α,β-unsaturated/α-hetero) is 2. The Balaban J connectivity index is 1.68. The summed E-state index contributed by atoms with van der Waals surface area (Å²) in [5.41, 5.74) is -0.0175. The highest BCUT2D eigenvalue weighted by Gasteiger charge is 2.63. The number of aliphatic hydroxyl groups excluding tert-OH is 1. The predicted octanol–water partition coefficient (Wildman–Crippen LogP) is 3.77. The Labute approximate surface area is 145 Å². The van der Waals surface area contributed by atoms with Crippen molar-refractivity contribution in [3.05, 3.63) is 0 Å². The van der Waals surface area contributed by atoms with Gasteiger partial charge in [0.2, 0.25) is 0 Å². The Hall–Kier alpha value is -0.700. The maximum Gasteiger partial charge on any atom is 0.137 e. The van der Waals surface area contributed by atoms with Gasteiger partial charge in [-0.2, -0.15) is 0 Å². The molecule has 0 saturated heterocycles. The van der Waals surface area contributed by atoms with E-state index in [4.69, 9.17) is 0 Å². The number of aliphatic hydroxyl groups is 1. The van der Waals surface area contributed by atoms with E-state index in [-0.39, 0.29) is 34.6 Å². The summed E-state index contributed by atoms with van der Waals surface area (Å²) in [5, 5.41) is 10.1. The van der Waals surface area contributed by atoms with Crippen LogP contribution in [-0.4, -0.2) is 22.8 Å². The molecule has 0 aromatic heterocycles. The van der Waals surface area contributed by atoms with Gasteiger partial charge in [-0.15, -0.1) is 0 Å². The van der Waals surface area contributed by atoms with Gasteiger partial charge in [0.25, 0.3) is 0 Å². The molecule has 4 rings (SSSR count). The second-order valence-electron chi connectivity index (χ2n) is 9.85. The molecule has 0 aromatic carbocycles. The van der Waals surface area contributed by atoms with Gasteiger partial charge < -0.3 is 5.11 Å². The highest BCUT2D eigenvalue weighted by Crippen LogP contribution is 2.66. The Morgan fingerprint density at radius 2 is 1.83 bits per heavy atom. The van der Waals surface area contributed by atoms with Gasteiger partial charge in [0, 0.05) is 18.3 Å². The number of carbonyl (C=O) groups is 2. The number of fused-ring (bicyclic) bond motifs is 5. The van der Waals surface area contributed by atoms with Crippen LogP contribution in [0.3, 0.4) is 0 Å². The van der Waals surface area contributed by atoms with Gasteiger partial charge in [-0.25, -0.2) is 0 Å². The molecule has 0 bridgehead atoms. The summed E-state index contributed by atoms with van der Waals surface area (Å²) in [5.74, 6) is 2.48. The molecule has 4 aliphatic carbocycles. The molecule has 8 atom stereocenters. The van der Waals surface area contributed by atoms with Crippen molar-refractivity contribution < 1.29 is 14.7 Å². The average molecular weight is 332 g/mol. The van der Waals surface area contributed by atoms with E-state index in [0.717, 1.165) is 44.9 Å². The zero-order chi connectivity index (χ0) is 17.3. The molecule has 3 heteroatoms. The molecular weight excluding hydrogens is 300 g/mol. The summed E-state index contributed by atoms with van der Waals surface area (Å²) in [6.07, 6.45) is 7.53.